The highest BCUT2D eigenvalue weighted by molar-refractivity contribution is 6.37. The summed E-state index contributed by atoms with van der Waals surface area (Å²) in [7, 11) is 0. The minimum Gasteiger partial charge on any atom is -0.206 e. The van der Waals surface area contributed by atoms with Crippen LogP contribution in [0.2, 0.25) is 10.0 Å². The van der Waals surface area contributed by atoms with E-state index in [1.54, 1.807) is 24.3 Å². The molecule has 151 valence electrons. The maximum Gasteiger partial charge on any atom is 0.142 e. The van der Waals surface area contributed by atoms with Gasteiger partial charge < -0.3 is 0 Å². The predicted molar refractivity (Wildman–Crippen MR) is 116 cm³/mol. The van der Waals surface area contributed by atoms with Gasteiger partial charge in [0.05, 0.1) is 21.7 Å². The van der Waals surface area contributed by atoms with Gasteiger partial charge in [0.1, 0.15) is 17.5 Å². The molecule has 0 spiro atoms. The van der Waals surface area contributed by atoms with E-state index in [0.717, 1.165) is 6.07 Å². The predicted octanol–water partition coefficient (Wildman–Crippen LogP) is 8.08. The number of halogens is 5. The van der Waals surface area contributed by atoms with Crippen molar-refractivity contribution in [3.8, 4) is 39.4 Å². The van der Waals surface area contributed by atoms with Crippen molar-refractivity contribution in [1.82, 2.24) is 0 Å². The van der Waals surface area contributed by atoms with Crippen LogP contribution in [0.15, 0.2) is 66.7 Å². The van der Waals surface area contributed by atoms with Crippen molar-refractivity contribution in [2.24, 2.45) is 0 Å². The van der Waals surface area contributed by atoms with E-state index < -0.39 is 17.5 Å². The zero-order valence-corrected chi connectivity index (χ0v) is 17.2. The second kappa shape index (κ2) is 8.47. The lowest BCUT2D eigenvalue weighted by Gasteiger charge is -2.17. The average molecular weight is 453 g/mol. The summed E-state index contributed by atoms with van der Waals surface area (Å²) in [4.78, 5) is 0. The Labute approximate surface area is 186 Å². The summed E-state index contributed by atoms with van der Waals surface area (Å²) < 4.78 is 44.0. The lowest BCUT2D eigenvalue weighted by Crippen LogP contribution is -1.97. The average Bonchev–Trinajstić information content (AvgIpc) is 2.77. The molecule has 0 bridgehead atoms. The van der Waals surface area contributed by atoms with Crippen LogP contribution in [0, 0.1) is 34.8 Å². The number of hydrogen-bond donors (Lipinski definition) is 0. The monoisotopic (exact) mass is 452 g/mol. The van der Waals surface area contributed by atoms with Crippen LogP contribution in [0.5, 0.6) is 0 Å². The van der Waals surface area contributed by atoms with Crippen molar-refractivity contribution in [2.75, 3.05) is 0 Å². The molecule has 0 saturated heterocycles. The SMILES string of the molecule is N#Cc1cccc(-c2c(Cl)c(-c3ccccc3F)[c]c(F)c2-c2ccc(Cl)c(F)c2)c1. The van der Waals surface area contributed by atoms with Crippen molar-refractivity contribution in [3.63, 3.8) is 0 Å². The van der Waals surface area contributed by atoms with Gasteiger partial charge in [-0.1, -0.05) is 59.6 Å². The van der Waals surface area contributed by atoms with Crippen LogP contribution in [-0.2, 0) is 0 Å². The summed E-state index contributed by atoms with van der Waals surface area (Å²) in [6, 6.07) is 20.6. The molecule has 0 aliphatic heterocycles. The first-order chi connectivity index (χ1) is 14.9. The van der Waals surface area contributed by atoms with E-state index in [0.29, 0.717) is 11.1 Å². The Morgan fingerprint density at radius 1 is 0.774 bits per heavy atom. The third kappa shape index (κ3) is 3.90. The molecule has 31 heavy (non-hydrogen) atoms. The molecule has 4 rings (SSSR count). The molecular formula is C25H11Cl2F3N. The zero-order valence-electron chi connectivity index (χ0n) is 15.7. The fourth-order valence-corrected chi connectivity index (χ4v) is 3.83. The fraction of sp³-hybridized carbons (Fsp3) is 0. The van der Waals surface area contributed by atoms with E-state index in [4.69, 9.17) is 23.2 Å². The van der Waals surface area contributed by atoms with Crippen molar-refractivity contribution in [1.29, 1.82) is 5.26 Å². The molecule has 0 atom stereocenters. The normalized spacial score (nSPS) is 10.7. The van der Waals surface area contributed by atoms with Crippen LogP contribution in [0.4, 0.5) is 13.2 Å². The van der Waals surface area contributed by atoms with Gasteiger partial charge in [0.15, 0.2) is 0 Å². The molecule has 1 radical (unpaired) electrons. The summed E-state index contributed by atoms with van der Waals surface area (Å²) in [6.07, 6.45) is 0. The largest absolute Gasteiger partial charge is 0.206 e. The number of hydrogen-bond acceptors (Lipinski definition) is 1. The van der Waals surface area contributed by atoms with Crippen LogP contribution in [0.25, 0.3) is 33.4 Å². The Kier molecular flexibility index (Phi) is 5.73. The van der Waals surface area contributed by atoms with Gasteiger partial charge in [-0.3, -0.25) is 0 Å². The first-order valence-electron chi connectivity index (χ1n) is 9.06. The maximum absolute atomic E-state index is 15.4. The molecule has 0 fully saturated rings. The van der Waals surface area contributed by atoms with Crippen molar-refractivity contribution >= 4 is 23.2 Å². The first-order valence-corrected chi connectivity index (χ1v) is 9.81. The molecule has 0 N–H and O–H groups in total. The Balaban J connectivity index is 2.10. The Hall–Kier alpha value is -3.26. The number of nitriles is 1. The summed E-state index contributed by atoms with van der Waals surface area (Å²) in [5.41, 5.74) is 1.16. The van der Waals surface area contributed by atoms with E-state index in [9.17, 15) is 14.0 Å². The molecule has 1 nitrogen and oxygen atoms in total. The van der Waals surface area contributed by atoms with Gasteiger partial charge in [-0.25, -0.2) is 13.2 Å². The van der Waals surface area contributed by atoms with Crippen LogP contribution in [0.1, 0.15) is 5.56 Å². The molecule has 0 aromatic heterocycles. The van der Waals surface area contributed by atoms with Crippen LogP contribution in [0.3, 0.4) is 0 Å². The summed E-state index contributed by atoms with van der Waals surface area (Å²) in [6.45, 7) is 0. The Morgan fingerprint density at radius 3 is 2.23 bits per heavy atom. The highest BCUT2D eigenvalue weighted by atomic mass is 35.5. The van der Waals surface area contributed by atoms with Gasteiger partial charge in [0.2, 0.25) is 0 Å². The third-order valence-corrected chi connectivity index (χ3v) is 5.46. The summed E-state index contributed by atoms with van der Waals surface area (Å²) >= 11 is 12.5. The van der Waals surface area contributed by atoms with Crippen molar-refractivity contribution < 1.29 is 13.2 Å². The number of benzene rings is 4. The van der Waals surface area contributed by atoms with Crippen molar-refractivity contribution in [3.05, 3.63) is 106 Å². The van der Waals surface area contributed by atoms with Crippen LogP contribution in [-0.4, -0.2) is 0 Å². The minimum atomic E-state index is -0.846. The Morgan fingerprint density at radius 2 is 1.52 bits per heavy atom. The number of nitrogens with zero attached hydrogens (tertiary/aromatic N) is 1. The standard InChI is InChI=1S/C25H11Cl2F3N/c26-19-9-8-16(11-21(19)29)23-22(30)12-18(17-6-1-2-7-20(17)28)25(27)24(23)15-5-3-4-14(10-15)13-31/h1-11H. The zero-order chi connectivity index (χ0) is 22.1. The van der Waals surface area contributed by atoms with Gasteiger partial charge in [0.25, 0.3) is 0 Å². The molecule has 0 aliphatic carbocycles. The highest BCUT2D eigenvalue weighted by Gasteiger charge is 2.23. The van der Waals surface area contributed by atoms with E-state index in [2.05, 4.69) is 6.07 Å². The first kappa shape index (κ1) is 21.0. The lowest BCUT2D eigenvalue weighted by molar-refractivity contribution is 0.623. The van der Waals surface area contributed by atoms with Crippen molar-refractivity contribution in [2.45, 2.75) is 0 Å². The van der Waals surface area contributed by atoms with Crippen LogP contribution >= 0.6 is 23.2 Å². The highest BCUT2D eigenvalue weighted by Crippen LogP contribution is 2.45. The molecule has 0 saturated carbocycles. The molecule has 0 amide bonds. The smallest absolute Gasteiger partial charge is 0.142 e. The molecule has 6 heteroatoms. The summed E-state index contributed by atoms with van der Waals surface area (Å²) in [5, 5.41) is 9.18. The second-order valence-electron chi connectivity index (χ2n) is 6.68. The van der Waals surface area contributed by atoms with E-state index >= 15 is 4.39 Å². The van der Waals surface area contributed by atoms with Gasteiger partial charge in [-0.15, -0.1) is 0 Å². The van der Waals surface area contributed by atoms with Gasteiger partial charge in [-0.05, 0) is 41.5 Å². The summed E-state index contributed by atoms with van der Waals surface area (Å²) in [5.74, 6) is -2.17. The molecule has 4 aromatic rings. The molecular weight excluding hydrogens is 442 g/mol. The minimum absolute atomic E-state index is 0.0203. The van der Waals surface area contributed by atoms with Gasteiger partial charge >= 0.3 is 0 Å². The van der Waals surface area contributed by atoms with Gasteiger partial charge in [0, 0.05) is 28.3 Å². The van der Waals surface area contributed by atoms with Gasteiger partial charge in [-0.2, -0.15) is 5.26 Å². The van der Waals surface area contributed by atoms with E-state index in [1.165, 1.54) is 36.4 Å². The molecule has 4 aromatic carbocycles. The maximum atomic E-state index is 15.4. The van der Waals surface area contributed by atoms with E-state index in [1.807, 2.05) is 6.07 Å². The van der Waals surface area contributed by atoms with E-state index in [-0.39, 0.29) is 37.9 Å². The third-order valence-electron chi connectivity index (χ3n) is 4.78. The molecule has 0 heterocycles. The number of rotatable bonds is 3. The fourth-order valence-electron chi connectivity index (χ4n) is 3.36. The topological polar surface area (TPSA) is 23.8 Å². The quantitative estimate of drug-likeness (QED) is 0.308. The molecule has 0 aliphatic rings. The van der Waals surface area contributed by atoms with Crippen LogP contribution < -0.4 is 0 Å². The lowest BCUT2D eigenvalue weighted by atomic mass is 9.89. The molecule has 0 unspecified atom stereocenters. The second-order valence-corrected chi connectivity index (χ2v) is 7.46. The Bertz CT molecular complexity index is 1360.